The van der Waals surface area contributed by atoms with Gasteiger partial charge in [-0.3, -0.25) is 0 Å². The molecule has 0 aliphatic heterocycles. The summed E-state index contributed by atoms with van der Waals surface area (Å²) in [4.78, 5) is 0. The van der Waals surface area contributed by atoms with Crippen LogP contribution in [-0.2, 0) is 0 Å². The highest BCUT2D eigenvalue weighted by molar-refractivity contribution is 6.30. The first-order valence-corrected chi connectivity index (χ1v) is 6.90. The molecule has 2 heteroatoms. The van der Waals surface area contributed by atoms with Gasteiger partial charge in [0.25, 0.3) is 0 Å². The van der Waals surface area contributed by atoms with E-state index in [1.165, 1.54) is 27.8 Å². The molecule has 0 bridgehead atoms. The first kappa shape index (κ1) is 14.1. The van der Waals surface area contributed by atoms with E-state index in [2.05, 4.69) is 50.4 Å². The van der Waals surface area contributed by atoms with E-state index in [9.17, 15) is 0 Å². The van der Waals surface area contributed by atoms with Crippen molar-refractivity contribution in [2.24, 2.45) is 0 Å². The SMILES string of the molecule is CNC(c1cc(C)cc(Cl)c1)c1cc(C)ccc1C. The standard InChI is InChI=1S/C17H20ClN/c1-11-5-6-13(3)16(9-11)17(19-4)14-7-12(2)8-15(18)10-14/h5-10,17,19H,1-4H3. The summed E-state index contributed by atoms with van der Waals surface area (Å²) in [6.07, 6.45) is 0. The Morgan fingerprint density at radius 1 is 0.947 bits per heavy atom. The number of nitrogens with one attached hydrogen (secondary N) is 1. The van der Waals surface area contributed by atoms with Gasteiger partial charge >= 0.3 is 0 Å². The summed E-state index contributed by atoms with van der Waals surface area (Å²) in [5, 5.41) is 4.19. The van der Waals surface area contributed by atoms with Crippen LogP contribution in [0.2, 0.25) is 5.02 Å². The van der Waals surface area contributed by atoms with Gasteiger partial charge < -0.3 is 5.32 Å². The van der Waals surface area contributed by atoms with Crippen molar-refractivity contribution in [2.75, 3.05) is 7.05 Å². The molecule has 19 heavy (non-hydrogen) atoms. The third-order valence-electron chi connectivity index (χ3n) is 3.43. The monoisotopic (exact) mass is 273 g/mol. The van der Waals surface area contributed by atoms with Gasteiger partial charge in [0.1, 0.15) is 0 Å². The molecule has 1 atom stereocenters. The van der Waals surface area contributed by atoms with E-state index in [1.807, 2.05) is 19.2 Å². The van der Waals surface area contributed by atoms with Gasteiger partial charge in [-0.1, -0.05) is 41.4 Å². The van der Waals surface area contributed by atoms with E-state index < -0.39 is 0 Å². The Morgan fingerprint density at radius 2 is 1.68 bits per heavy atom. The topological polar surface area (TPSA) is 12.0 Å². The van der Waals surface area contributed by atoms with Crippen LogP contribution in [0, 0.1) is 20.8 Å². The van der Waals surface area contributed by atoms with E-state index in [1.54, 1.807) is 0 Å². The lowest BCUT2D eigenvalue weighted by Crippen LogP contribution is -2.19. The van der Waals surface area contributed by atoms with Crippen LogP contribution in [0.1, 0.15) is 33.9 Å². The maximum absolute atomic E-state index is 6.18. The maximum atomic E-state index is 6.18. The zero-order valence-corrected chi connectivity index (χ0v) is 12.7. The quantitative estimate of drug-likeness (QED) is 0.863. The minimum Gasteiger partial charge on any atom is -0.309 e. The summed E-state index contributed by atoms with van der Waals surface area (Å²) in [5.74, 6) is 0. The molecule has 0 spiro atoms. The van der Waals surface area contributed by atoms with Gasteiger partial charge in [0.05, 0.1) is 6.04 Å². The predicted octanol–water partition coefficient (Wildman–Crippen LogP) is 4.57. The number of aryl methyl sites for hydroxylation is 3. The van der Waals surface area contributed by atoms with Gasteiger partial charge in [-0.25, -0.2) is 0 Å². The normalized spacial score (nSPS) is 12.5. The van der Waals surface area contributed by atoms with Crippen LogP contribution in [0.4, 0.5) is 0 Å². The van der Waals surface area contributed by atoms with Crippen molar-refractivity contribution in [3.63, 3.8) is 0 Å². The molecule has 2 rings (SSSR count). The predicted molar refractivity (Wildman–Crippen MR) is 83.0 cm³/mol. The van der Waals surface area contributed by atoms with Crippen molar-refractivity contribution < 1.29 is 0 Å². The van der Waals surface area contributed by atoms with E-state index >= 15 is 0 Å². The first-order chi connectivity index (χ1) is 9.01. The smallest absolute Gasteiger partial charge is 0.0577 e. The van der Waals surface area contributed by atoms with Gasteiger partial charge in [0, 0.05) is 5.02 Å². The minimum atomic E-state index is 0.178. The Kier molecular flexibility index (Phi) is 4.28. The molecular formula is C17H20ClN. The molecule has 0 aliphatic carbocycles. The zero-order valence-electron chi connectivity index (χ0n) is 11.9. The third-order valence-corrected chi connectivity index (χ3v) is 3.65. The van der Waals surface area contributed by atoms with E-state index in [0.29, 0.717) is 0 Å². The van der Waals surface area contributed by atoms with Crippen LogP contribution in [0.3, 0.4) is 0 Å². The molecule has 0 heterocycles. The lowest BCUT2D eigenvalue weighted by atomic mass is 9.93. The second-order valence-electron chi connectivity index (χ2n) is 5.14. The molecule has 0 radical (unpaired) electrons. The van der Waals surface area contributed by atoms with E-state index in [4.69, 9.17) is 11.6 Å². The lowest BCUT2D eigenvalue weighted by molar-refractivity contribution is 0.686. The van der Waals surface area contributed by atoms with Gasteiger partial charge in [-0.05, 0) is 62.2 Å². The van der Waals surface area contributed by atoms with Crippen LogP contribution in [0.5, 0.6) is 0 Å². The highest BCUT2D eigenvalue weighted by Crippen LogP contribution is 2.28. The molecule has 100 valence electrons. The highest BCUT2D eigenvalue weighted by atomic mass is 35.5. The molecule has 0 amide bonds. The summed E-state index contributed by atoms with van der Waals surface area (Å²) in [5.41, 5.74) is 6.28. The molecule has 0 fully saturated rings. The molecule has 0 aliphatic rings. The van der Waals surface area contributed by atoms with Crippen LogP contribution >= 0.6 is 11.6 Å². The van der Waals surface area contributed by atoms with Gasteiger partial charge in [0.15, 0.2) is 0 Å². The molecule has 1 unspecified atom stereocenters. The third kappa shape index (κ3) is 3.17. The van der Waals surface area contributed by atoms with Gasteiger partial charge in [-0.15, -0.1) is 0 Å². The van der Waals surface area contributed by atoms with Crippen LogP contribution < -0.4 is 5.32 Å². The summed E-state index contributed by atoms with van der Waals surface area (Å²) in [6.45, 7) is 6.35. The van der Waals surface area contributed by atoms with Crippen LogP contribution in [-0.4, -0.2) is 7.05 Å². The Morgan fingerprint density at radius 3 is 2.32 bits per heavy atom. The zero-order chi connectivity index (χ0) is 14.0. The number of rotatable bonds is 3. The average Bonchev–Trinajstić information content (AvgIpc) is 2.33. The molecule has 0 aromatic heterocycles. The second kappa shape index (κ2) is 5.77. The average molecular weight is 274 g/mol. The highest BCUT2D eigenvalue weighted by Gasteiger charge is 2.15. The molecule has 1 N–H and O–H groups in total. The largest absolute Gasteiger partial charge is 0.309 e. The van der Waals surface area contributed by atoms with Gasteiger partial charge in [0.2, 0.25) is 0 Å². The van der Waals surface area contributed by atoms with E-state index in [0.717, 1.165) is 5.02 Å². The summed E-state index contributed by atoms with van der Waals surface area (Å²) in [6, 6.07) is 13.0. The van der Waals surface area contributed by atoms with Crippen LogP contribution in [0.25, 0.3) is 0 Å². The Balaban J connectivity index is 2.52. The van der Waals surface area contributed by atoms with Crippen molar-refractivity contribution in [3.05, 3.63) is 69.2 Å². The number of hydrogen-bond acceptors (Lipinski definition) is 1. The number of benzene rings is 2. The van der Waals surface area contributed by atoms with Crippen molar-refractivity contribution >= 4 is 11.6 Å². The van der Waals surface area contributed by atoms with Crippen molar-refractivity contribution in [2.45, 2.75) is 26.8 Å². The minimum absolute atomic E-state index is 0.178. The van der Waals surface area contributed by atoms with Crippen molar-refractivity contribution in [3.8, 4) is 0 Å². The summed E-state index contributed by atoms with van der Waals surface area (Å²) < 4.78 is 0. The fourth-order valence-corrected chi connectivity index (χ4v) is 2.80. The Labute approximate surface area is 120 Å². The molecule has 1 nitrogen and oxygen atoms in total. The molecule has 2 aromatic rings. The number of halogens is 1. The lowest BCUT2D eigenvalue weighted by Gasteiger charge is -2.21. The molecule has 2 aromatic carbocycles. The summed E-state index contributed by atoms with van der Waals surface area (Å²) in [7, 11) is 1.99. The Bertz CT molecular complexity index is 570. The maximum Gasteiger partial charge on any atom is 0.0577 e. The van der Waals surface area contributed by atoms with Crippen molar-refractivity contribution in [1.82, 2.24) is 5.32 Å². The molecule has 0 saturated heterocycles. The molecular weight excluding hydrogens is 254 g/mol. The Hall–Kier alpha value is -1.31. The molecule has 0 saturated carbocycles. The fourth-order valence-electron chi connectivity index (χ4n) is 2.50. The number of hydrogen-bond donors (Lipinski definition) is 1. The first-order valence-electron chi connectivity index (χ1n) is 6.53. The fraction of sp³-hybridized carbons (Fsp3) is 0.294. The van der Waals surface area contributed by atoms with E-state index in [-0.39, 0.29) is 6.04 Å². The van der Waals surface area contributed by atoms with Crippen LogP contribution in [0.15, 0.2) is 36.4 Å². The van der Waals surface area contributed by atoms with Gasteiger partial charge in [-0.2, -0.15) is 0 Å². The summed E-state index contributed by atoms with van der Waals surface area (Å²) >= 11 is 6.18. The van der Waals surface area contributed by atoms with Crippen molar-refractivity contribution in [1.29, 1.82) is 0 Å². The second-order valence-corrected chi connectivity index (χ2v) is 5.58.